The SMILES string of the molecule is O=C(CNC(=O)c1ccccc1F)OCc1nc(-c2ccc(C(F)(F)F)cc2)no1. The first-order valence-electron chi connectivity index (χ1n) is 8.42. The number of carbonyl (C=O) groups excluding carboxylic acids is 2. The molecule has 0 saturated carbocycles. The van der Waals surface area contributed by atoms with Crippen molar-refractivity contribution >= 4 is 11.9 Å². The molecular formula is C19H13F4N3O4. The molecule has 3 rings (SSSR count). The van der Waals surface area contributed by atoms with Crippen LogP contribution in [0.25, 0.3) is 11.4 Å². The number of alkyl halides is 3. The van der Waals surface area contributed by atoms with Crippen molar-refractivity contribution in [3.63, 3.8) is 0 Å². The van der Waals surface area contributed by atoms with E-state index in [0.29, 0.717) is 0 Å². The monoisotopic (exact) mass is 423 g/mol. The Morgan fingerprint density at radius 3 is 2.43 bits per heavy atom. The number of rotatable bonds is 6. The van der Waals surface area contributed by atoms with Gasteiger partial charge in [0.05, 0.1) is 11.1 Å². The van der Waals surface area contributed by atoms with Gasteiger partial charge in [0, 0.05) is 5.56 Å². The van der Waals surface area contributed by atoms with Crippen LogP contribution in [0.15, 0.2) is 53.1 Å². The van der Waals surface area contributed by atoms with E-state index in [1.54, 1.807) is 0 Å². The molecule has 30 heavy (non-hydrogen) atoms. The zero-order valence-corrected chi connectivity index (χ0v) is 15.1. The molecule has 3 aromatic rings. The molecule has 1 amide bonds. The maximum absolute atomic E-state index is 13.5. The van der Waals surface area contributed by atoms with Gasteiger partial charge in [0.2, 0.25) is 5.82 Å². The number of amides is 1. The minimum atomic E-state index is -4.46. The Balaban J connectivity index is 1.51. The summed E-state index contributed by atoms with van der Waals surface area (Å²) in [5.74, 6) is -2.44. The number of nitrogens with one attached hydrogen (secondary N) is 1. The smallest absolute Gasteiger partial charge is 0.416 e. The van der Waals surface area contributed by atoms with Crippen molar-refractivity contribution in [3.8, 4) is 11.4 Å². The summed E-state index contributed by atoms with van der Waals surface area (Å²) < 4.78 is 61.0. The molecule has 0 bridgehead atoms. The first-order chi connectivity index (χ1) is 14.2. The first-order valence-corrected chi connectivity index (χ1v) is 8.42. The summed E-state index contributed by atoms with van der Waals surface area (Å²) in [6.07, 6.45) is -4.46. The second kappa shape index (κ2) is 8.72. The predicted molar refractivity (Wildman–Crippen MR) is 93.3 cm³/mol. The molecule has 1 aromatic heterocycles. The van der Waals surface area contributed by atoms with Crippen LogP contribution < -0.4 is 5.32 Å². The molecule has 156 valence electrons. The van der Waals surface area contributed by atoms with E-state index in [0.717, 1.165) is 18.2 Å². The molecule has 7 nitrogen and oxygen atoms in total. The molecule has 2 aromatic carbocycles. The fraction of sp³-hybridized carbons (Fsp3) is 0.158. The molecule has 0 atom stereocenters. The van der Waals surface area contributed by atoms with E-state index in [1.807, 2.05) is 0 Å². The van der Waals surface area contributed by atoms with E-state index >= 15 is 0 Å². The van der Waals surface area contributed by atoms with Gasteiger partial charge in [-0.3, -0.25) is 9.59 Å². The van der Waals surface area contributed by atoms with Gasteiger partial charge in [-0.15, -0.1) is 0 Å². The van der Waals surface area contributed by atoms with Crippen LogP contribution in [0.4, 0.5) is 17.6 Å². The summed E-state index contributed by atoms with van der Waals surface area (Å²) in [5.41, 5.74) is -0.758. The van der Waals surface area contributed by atoms with Crippen molar-refractivity contribution in [1.82, 2.24) is 15.5 Å². The van der Waals surface area contributed by atoms with Crippen molar-refractivity contribution in [2.75, 3.05) is 6.54 Å². The van der Waals surface area contributed by atoms with Gasteiger partial charge in [-0.25, -0.2) is 4.39 Å². The fourth-order valence-corrected chi connectivity index (χ4v) is 2.33. The van der Waals surface area contributed by atoms with E-state index < -0.39 is 42.6 Å². The molecule has 0 radical (unpaired) electrons. The summed E-state index contributed by atoms with van der Waals surface area (Å²) in [7, 11) is 0. The van der Waals surface area contributed by atoms with Crippen molar-refractivity contribution < 1.29 is 36.4 Å². The van der Waals surface area contributed by atoms with Crippen LogP contribution in [0.5, 0.6) is 0 Å². The number of aromatic nitrogens is 2. The highest BCUT2D eigenvalue weighted by Gasteiger charge is 2.30. The van der Waals surface area contributed by atoms with Gasteiger partial charge in [-0.1, -0.05) is 29.4 Å². The Hall–Kier alpha value is -3.76. The molecule has 0 fully saturated rings. The Morgan fingerprint density at radius 1 is 1.07 bits per heavy atom. The molecule has 0 saturated heterocycles. The number of hydrogen-bond donors (Lipinski definition) is 1. The lowest BCUT2D eigenvalue weighted by Crippen LogP contribution is -2.31. The summed E-state index contributed by atoms with van der Waals surface area (Å²) in [4.78, 5) is 27.5. The molecule has 0 aliphatic heterocycles. The van der Waals surface area contributed by atoms with Gasteiger partial charge < -0.3 is 14.6 Å². The van der Waals surface area contributed by atoms with Gasteiger partial charge in [0.25, 0.3) is 11.8 Å². The van der Waals surface area contributed by atoms with E-state index in [-0.39, 0.29) is 22.8 Å². The molecule has 0 aliphatic carbocycles. The normalized spacial score (nSPS) is 11.2. The summed E-state index contributed by atoms with van der Waals surface area (Å²) in [6.45, 7) is -0.935. The number of carbonyl (C=O) groups is 2. The number of benzene rings is 2. The zero-order valence-electron chi connectivity index (χ0n) is 15.1. The quantitative estimate of drug-likeness (QED) is 0.483. The van der Waals surface area contributed by atoms with Crippen LogP contribution >= 0.6 is 0 Å². The molecule has 11 heteroatoms. The predicted octanol–water partition coefficient (Wildman–Crippen LogP) is 3.37. The Kier molecular flexibility index (Phi) is 6.09. The topological polar surface area (TPSA) is 94.3 Å². The van der Waals surface area contributed by atoms with Crippen LogP contribution in [0.3, 0.4) is 0 Å². The van der Waals surface area contributed by atoms with E-state index in [1.165, 1.54) is 30.3 Å². The number of halogens is 4. The number of esters is 1. The Bertz CT molecular complexity index is 1050. The second-order valence-electron chi connectivity index (χ2n) is 5.91. The lowest BCUT2D eigenvalue weighted by Gasteiger charge is -2.06. The highest BCUT2D eigenvalue weighted by molar-refractivity contribution is 5.96. The number of hydrogen-bond acceptors (Lipinski definition) is 6. The van der Waals surface area contributed by atoms with E-state index in [9.17, 15) is 27.2 Å². The third kappa shape index (κ3) is 5.19. The van der Waals surface area contributed by atoms with Crippen molar-refractivity contribution in [2.24, 2.45) is 0 Å². The second-order valence-corrected chi connectivity index (χ2v) is 5.91. The minimum absolute atomic E-state index is 0.0163. The molecule has 1 heterocycles. The van der Waals surface area contributed by atoms with Gasteiger partial charge in [0.1, 0.15) is 12.4 Å². The lowest BCUT2D eigenvalue weighted by molar-refractivity contribution is -0.144. The van der Waals surface area contributed by atoms with Crippen LogP contribution in [0.2, 0.25) is 0 Å². The average Bonchev–Trinajstić information content (AvgIpc) is 3.19. The summed E-state index contributed by atoms with van der Waals surface area (Å²) >= 11 is 0. The van der Waals surface area contributed by atoms with Gasteiger partial charge >= 0.3 is 12.1 Å². The first kappa shape index (κ1) is 21.0. The van der Waals surface area contributed by atoms with Crippen LogP contribution in [0.1, 0.15) is 21.8 Å². The highest BCUT2D eigenvalue weighted by atomic mass is 19.4. The largest absolute Gasteiger partial charge is 0.454 e. The van der Waals surface area contributed by atoms with Gasteiger partial charge in [0.15, 0.2) is 6.61 Å². The Labute approximate surface area is 166 Å². The highest BCUT2D eigenvalue weighted by Crippen LogP contribution is 2.30. The van der Waals surface area contributed by atoms with Crippen molar-refractivity contribution in [1.29, 1.82) is 0 Å². The van der Waals surface area contributed by atoms with Crippen LogP contribution in [0, 0.1) is 5.82 Å². The van der Waals surface area contributed by atoms with E-state index in [4.69, 9.17) is 9.26 Å². The molecule has 1 N–H and O–H groups in total. The molecule has 0 aliphatic rings. The fourth-order valence-electron chi connectivity index (χ4n) is 2.33. The van der Waals surface area contributed by atoms with Crippen LogP contribution in [-0.4, -0.2) is 28.6 Å². The average molecular weight is 423 g/mol. The Morgan fingerprint density at radius 2 is 1.77 bits per heavy atom. The molecule has 0 unspecified atom stereocenters. The number of ether oxygens (including phenoxy) is 1. The number of nitrogens with zero attached hydrogens (tertiary/aromatic N) is 2. The van der Waals surface area contributed by atoms with Crippen LogP contribution in [-0.2, 0) is 22.3 Å². The molecular weight excluding hydrogens is 410 g/mol. The van der Waals surface area contributed by atoms with Crippen molar-refractivity contribution in [3.05, 3.63) is 71.4 Å². The van der Waals surface area contributed by atoms with E-state index in [2.05, 4.69) is 15.5 Å². The lowest BCUT2D eigenvalue weighted by atomic mass is 10.1. The maximum atomic E-state index is 13.5. The standard InChI is InChI=1S/C19H13F4N3O4/c20-14-4-2-1-3-13(14)18(28)24-9-16(27)29-10-15-25-17(26-30-15)11-5-7-12(8-6-11)19(21,22)23/h1-8H,9-10H2,(H,24,28). The van der Waals surface area contributed by atoms with Gasteiger partial charge in [-0.2, -0.15) is 18.2 Å². The zero-order chi connectivity index (χ0) is 21.7. The maximum Gasteiger partial charge on any atom is 0.416 e. The third-order valence-electron chi connectivity index (χ3n) is 3.81. The van der Waals surface area contributed by atoms with Crippen molar-refractivity contribution in [2.45, 2.75) is 12.8 Å². The molecule has 0 spiro atoms. The summed E-state index contributed by atoms with van der Waals surface area (Å²) in [6, 6.07) is 9.38. The van der Waals surface area contributed by atoms with Gasteiger partial charge in [-0.05, 0) is 24.3 Å². The third-order valence-corrected chi connectivity index (χ3v) is 3.81. The summed E-state index contributed by atoms with van der Waals surface area (Å²) in [5, 5.41) is 5.82. The minimum Gasteiger partial charge on any atom is -0.454 e.